The van der Waals surface area contributed by atoms with Crippen LogP contribution in [0.2, 0.25) is 0 Å². The number of anilines is 1. The van der Waals surface area contributed by atoms with Crippen molar-refractivity contribution in [2.75, 3.05) is 4.72 Å². The molecule has 0 bridgehead atoms. The van der Waals surface area contributed by atoms with Gasteiger partial charge < -0.3 is 5.11 Å². The van der Waals surface area contributed by atoms with Gasteiger partial charge in [-0.3, -0.25) is 4.72 Å². The van der Waals surface area contributed by atoms with E-state index in [-0.39, 0.29) is 16.5 Å². The highest BCUT2D eigenvalue weighted by Gasteiger charge is 2.17. The molecular formula is C16H16FNO4S. The number of halogens is 1. The standard InChI is InChI=1S/C16H16FNO4S/c1-10(2)11-3-6-13(7-4-11)23(21,22)18-12-5-8-14(16(19)20)15(17)9-12/h3-10,18H,1-2H3,(H,19,20). The largest absolute Gasteiger partial charge is 0.478 e. The first-order valence-corrected chi connectivity index (χ1v) is 8.34. The number of rotatable bonds is 5. The van der Waals surface area contributed by atoms with Gasteiger partial charge >= 0.3 is 5.97 Å². The van der Waals surface area contributed by atoms with E-state index in [9.17, 15) is 17.6 Å². The Hall–Kier alpha value is -2.41. The molecular weight excluding hydrogens is 321 g/mol. The molecule has 0 aliphatic heterocycles. The van der Waals surface area contributed by atoms with E-state index in [2.05, 4.69) is 4.72 Å². The molecule has 0 heterocycles. The molecule has 0 radical (unpaired) electrons. The Morgan fingerprint density at radius 3 is 2.22 bits per heavy atom. The summed E-state index contributed by atoms with van der Waals surface area (Å²) in [6, 6.07) is 9.42. The van der Waals surface area contributed by atoms with Gasteiger partial charge in [0.15, 0.2) is 0 Å². The van der Waals surface area contributed by atoms with E-state index in [1.165, 1.54) is 18.2 Å². The molecule has 0 spiro atoms. The Balaban J connectivity index is 2.27. The second-order valence-corrected chi connectivity index (χ2v) is 7.01. The molecule has 23 heavy (non-hydrogen) atoms. The number of nitrogens with one attached hydrogen (secondary N) is 1. The fourth-order valence-electron chi connectivity index (χ4n) is 2.00. The average molecular weight is 337 g/mol. The van der Waals surface area contributed by atoms with Crippen molar-refractivity contribution in [3.63, 3.8) is 0 Å². The van der Waals surface area contributed by atoms with Gasteiger partial charge in [-0.25, -0.2) is 17.6 Å². The van der Waals surface area contributed by atoms with Crippen molar-refractivity contribution in [2.24, 2.45) is 0 Å². The monoisotopic (exact) mass is 337 g/mol. The van der Waals surface area contributed by atoms with E-state index < -0.39 is 27.4 Å². The fraction of sp³-hybridized carbons (Fsp3) is 0.188. The molecule has 2 aromatic rings. The number of sulfonamides is 1. The number of hydrogen-bond donors (Lipinski definition) is 2. The van der Waals surface area contributed by atoms with E-state index in [0.717, 1.165) is 17.7 Å². The summed E-state index contributed by atoms with van der Waals surface area (Å²) < 4.78 is 40.4. The zero-order valence-electron chi connectivity index (χ0n) is 12.6. The van der Waals surface area contributed by atoms with E-state index in [0.29, 0.717) is 0 Å². The maximum Gasteiger partial charge on any atom is 0.338 e. The highest BCUT2D eigenvalue weighted by Crippen LogP contribution is 2.21. The Kier molecular flexibility index (Phi) is 4.70. The van der Waals surface area contributed by atoms with E-state index in [1.54, 1.807) is 12.1 Å². The van der Waals surface area contributed by atoms with Crippen LogP contribution in [0.5, 0.6) is 0 Å². The summed E-state index contributed by atoms with van der Waals surface area (Å²) in [6.07, 6.45) is 0. The van der Waals surface area contributed by atoms with Crippen LogP contribution < -0.4 is 4.72 Å². The van der Waals surface area contributed by atoms with Gasteiger partial charge in [-0.05, 0) is 41.8 Å². The Bertz CT molecular complexity index is 830. The van der Waals surface area contributed by atoms with Crippen LogP contribution in [0.15, 0.2) is 47.4 Å². The molecule has 0 amide bonds. The second-order valence-electron chi connectivity index (χ2n) is 5.33. The number of benzene rings is 2. The van der Waals surface area contributed by atoms with Crippen LogP contribution in [0.1, 0.15) is 35.7 Å². The average Bonchev–Trinajstić information content (AvgIpc) is 2.46. The number of hydrogen-bond acceptors (Lipinski definition) is 3. The summed E-state index contributed by atoms with van der Waals surface area (Å²) in [7, 11) is -3.87. The maximum atomic E-state index is 13.6. The van der Waals surface area contributed by atoms with E-state index in [1.807, 2.05) is 13.8 Å². The summed E-state index contributed by atoms with van der Waals surface area (Å²) in [5.74, 6) is -2.15. The van der Waals surface area contributed by atoms with Crippen LogP contribution in [0.3, 0.4) is 0 Å². The topological polar surface area (TPSA) is 83.5 Å². The van der Waals surface area contributed by atoms with Crippen LogP contribution in [0, 0.1) is 5.82 Å². The molecule has 0 aliphatic rings. The van der Waals surface area contributed by atoms with Crippen molar-refractivity contribution >= 4 is 21.7 Å². The minimum atomic E-state index is -3.87. The Morgan fingerprint density at radius 2 is 1.74 bits per heavy atom. The molecule has 0 fully saturated rings. The maximum absolute atomic E-state index is 13.6. The molecule has 0 saturated carbocycles. The molecule has 2 aromatic carbocycles. The molecule has 0 atom stereocenters. The number of carbonyl (C=O) groups is 1. The molecule has 0 aliphatic carbocycles. The number of aromatic carboxylic acids is 1. The normalized spacial score (nSPS) is 11.5. The Morgan fingerprint density at radius 1 is 1.13 bits per heavy atom. The lowest BCUT2D eigenvalue weighted by Gasteiger charge is -2.10. The van der Waals surface area contributed by atoms with Gasteiger partial charge in [-0.15, -0.1) is 0 Å². The summed E-state index contributed by atoms with van der Waals surface area (Å²) in [4.78, 5) is 10.8. The van der Waals surface area contributed by atoms with Crippen molar-refractivity contribution in [2.45, 2.75) is 24.7 Å². The van der Waals surface area contributed by atoms with Gasteiger partial charge in [0.2, 0.25) is 0 Å². The predicted octanol–water partition coefficient (Wildman–Crippen LogP) is 3.45. The zero-order chi connectivity index (χ0) is 17.2. The van der Waals surface area contributed by atoms with Crippen LogP contribution in [0.4, 0.5) is 10.1 Å². The molecule has 2 rings (SSSR count). The molecule has 0 unspecified atom stereocenters. The van der Waals surface area contributed by atoms with Crippen LogP contribution in [-0.2, 0) is 10.0 Å². The summed E-state index contributed by atoms with van der Waals surface area (Å²) in [5.41, 5.74) is 0.440. The van der Waals surface area contributed by atoms with Gasteiger partial charge in [-0.2, -0.15) is 0 Å². The van der Waals surface area contributed by atoms with Gasteiger partial charge in [0.1, 0.15) is 5.82 Å². The molecule has 0 aromatic heterocycles. The van der Waals surface area contributed by atoms with Gasteiger partial charge in [0.25, 0.3) is 10.0 Å². The van der Waals surface area contributed by atoms with Gasteiger partial charge in [-0.1, -0.05) is 26.0 Å². The molecule has 7 heteroatoms. The summed E-state index contributed by atoms with van der Waals surface area (Å²) in [5, 5.41) is 8.76. The quantitative estimate of drug-likeness (QED) is 0.875. The first-order chi connectivity index (χ1) is 10.7. The zero-order valence-corrected chi connectivity index (χ0v) is 13.4. The summed E-state index contributed by atoms with van der Waals surface area (Å²) in [6.45, 7) is 3.99. The number of carboxylic acids is 1. The van der Waals surface area contributed by atoms with Crippen LogP contribution >= 0.6 is 0 Å². The Labute approximate surface area is 133 Å². The summed E-state index contributed by atoms with van der Waals surface area (Å²) >= 11 is 0. The van der Waals surface area contributed by atoms with Crippen molar-refractivity contribution in [3.05, 3.63) is 59.4 Å². The van der Waals surface area contributed by atoms with Crippen molar-refractivity contribution in [3.8, 4) is 0 Å². The minimum Gasteiger partial charge on any atom is -0.478 e. The first kappa shape index (κ1) is 17.0. The SMILES string of the molecule is CC(C)c1ccc(S(=O)(=O)Nc2ccc(C(=O)O)c(F)c2)cc1. The third-order valence-corrected chi connectivity index (χ3v) is 4.71. The smallest absolute Gasteiger partial charge is 0.338 e. The lowest BCUT2D eigenvalue weighted by Crippen LogP contribution is -2.13. The second kappa shape index (κ2) is 6.37. The van der Waals surface area contributed by atoms with Crippen LogP contribution in [0.25, 0.3) is 0 Å². The molecule has 0 saturated heterocycles. The molecule has 5 nitrogen and oxygen atoms in total. The lowest BCUT2D eigenvalue weighted by molar-refractivity contribution is 0.0692. The van der Waals surface area contributed by atoms with Crippen LogP contribution in [-0.4, -0.2) is 19.5 Å². The predicted molar refractivity (Wildman–Crippen MR) is 84.7 cm³/mol. The van der Waals surface area contributed by atoms with E-state index in [4.69, 9.17) is 5.11 Å². The third kappa shape index (κ3) is 3.87. The van der Waals surface area contributed by atoms with Gasteiger partial charge in [0.05, 0.1) is 16.1 Å². The van der Waals surface area contributed by atoms with Gasteiger partial charge in [0, 0.05) is 0 Å². The van der Waals surface area contributed by atoms with Crippen molar-refractivity contribution in [1.82, 2.24) is 0 Å². The third-order valence-electron chi connectivity index (χ3n) is 3.31. The van der Waals surface area contributed by atoms with Crippen molar-refractivity contribution < 1.29 is 22.7 Å². The number of carboxylic acid groups (broad SMARTS) is 1. The lowest BCUT2D eigenvalue weighted by atomic mass is 10.0. The highest BCUT2D eigenvalue weighted by atomic mass is 32.2. The highest BCUT2D eigenvalue weighted by molar-refractivity contribution is 7.92. The molecule has 122 valence electrons. The molecule has 2 N–H and O–H groups in total. The first-order valence-electron chi connectivity index (χ1n) is 6.86. The van der Waals surface area contributed by atoms with E-state index >= 15 is 0 Å². The fourth-order valence-corrected chi connectivity index (χ4v) is 3.05. The minimum absolute atomic E-state index is 0.0413. The van der Waals surface area contributed by atoms with Crippen molar-refractivity contribution in [1.29, 1.82) is 0 Å².